The minimum absolute atomic E-state index is 0.0100. The fraction of sp³-hybridized carbons (Fsp3) is 0.429. The summed E-state index contributed by atoms with van der Waals surface area (Å²) >= 11 is 0.918. The van der Waals surface area contributed by atoms with Crippen molar-refractivity contribution < 1.29 is 17.9 Å². The van der Waals surface area contributed by atoms with Gasteiger partial charge in [0.15, 0.2) is 9.34 Å². The summed E-state index contributed by atoms with van der Waals surface area (Å²) in [5, 5.41) is 8.17. The van der Waals surface area contributed by atoms with Gasteiger partial charge in [0.25, 0.3) is 0 Å². The lowest BCUT2D eigenvalue weighted by molar-refractivity contribution is 0.161. The molecule has 0 radical (unpaired) electrons. The van der Waals surface area contributed by atoms with Crippen molar-refractivity contribution in [1.82, 2.24) is 4.98 Å². The van der Waals surface area contributed by atoms with Crippen LogP contribution < -0.4 is 16.2 Å². The average molecular weight is 280 g/mol. The maximum absolute atomic E-state index is 11.1. The number of rotatable bonds is 5. The van der Waals surface area contributed by atoms with Gasteiger partial charge in [-0.05, 0) is 6.92 Å². The van der Waals surface area contributed by atoms with E-state index in [-0.39, 0.29) is 17.4 Å². The van der Waals surface area contributed by atoms with Gasteiger partial charge in [0.05, 0.1) is 12.2 Å². The highest BCUT2D eigenvalue weighted by Gasteiger charge is 2.17. The van der Waals surface area contributed by atoms with Crippen LogP contribution in [-0.2, 0) is 14.8 Å². The average Bonchev–Trinajstić information content (AvgIpc) is 2.53. The first kappa shape index (κ1) is 13.7. The summed E-state index contributed by atoms with van der Waals surface area (Å²) in [6.07, 6.45) is -0.868. The lowest BCUT2D eigenvalue weighted by Crippen LogP contribution is -2.18. The molecule has 8 nitrogen and oxygen atoms in total. The zero-order valence-electron chi connectivity index (χ0n) is 8.97. The van der Waals surface area contributed by atoms with Crippen LogP contribution in [0.2, 0.25) is 0 Å². The number of hydrogen-bond donors (Lipinski definition) is 3. The van der Waals surface area contributed by atoms with E-state index < -0.39 is 16.1 Å². The minimum Gasteiger partial charge on any atom is -0.448 e. The Bertz CT molecular complexity index is 510. The molecule has 1 rings (SSSR count). The van der Waals surface area contributed by atoms with E-state index in [2.05, 4.69) is 15.0 Å². The first-order valence-electron chi connectivity index (χ1n) is 4.47. The van der Waals surface area contributed by atoms with Crippen LogP contribution in [0.5, 0.6) is 0 Å². The number of ether oxygens (including phenoxy) is 1. The molecular weight excluding hydrogens is 268 g/mol. The Labute approximate surface area is 102 Å². The number of carbonyl (C=O) groups excluding carboxylic acids is 1. The van der Waals surface area contributed by atoms with E-state index in [1.54, 1.807) is 6.92 Å². The minimum atomic E-state index is -3.75. The summed E-state index contributed by atoms with van der Waals surface area (Å²) < 4.78 is 26.7. The van der Waals surface area contributed by atoms with Crippen molar-refractivity contribution in [2.45, 2.75) is 11.1 Å². The van der Waals surface area contributed by atoms with Crippen molar-refractivity contribution >= 4 is 32.6 Å². The van der Waals surface area contributed by atoms with Crippen LogP contribution in [-0.4, -0.2) is 32.6 Å². The second-order valence-corrected chi connectivity index (χ2v) is 5.79. The van der Waals surface area contributed by atoms with Crippen molar-refractivity contribution in [1.29, 1.82) is 0 Å². The van der Waals surface area contributed by atoms with Crippen LogP contribution in [0, 0.1) is 6.92 Å². The van der Waals surface area contributed by atoms with Gasteiger partial charge in [-0.1, -0.05) is 11.3 Å². The van der Waals surface area contributed by atoms with E-state index in [0.717, 1.165) is 11.3 Å². The largest absolute Gasteiger partial charge is 0.448 e. The Morgan fingerprint density at radius 2 is 2.24 bits per heavy atom. The van der Waals surface area contributed by atoms with Crippen LogP contribution >= 0.6 is 11.3 Å². The predicted octanol–water partition coefficient (Wildman–Crippen LogP) is -0.394. The fourth-order valence-electron chi connectivity index (χ4n) is 1.03. The highest BCUT2D eigenvalue weighted by Crippen LogP contribution is 2.25. The van der Waals surface area contributed by atoms with E-state index in [0.29, 0.717) is 10.8 Å². The van der Waals surface area contributed by atoms with Crippen molar-refractivity contribution in [3.05, 3.63) is 5.69 Å². The van der Waals surface area contributed by atoms with Gasteiger partial charge in [-0.15, -0.1) is 0 Å². The molecule has 0 saturated heterocycles. The number of carbonyl (C=O) groups is 1. The van der Waals surface area contributed by atoms with Gasteiger partial charge in [0.2, 0.25) is 10.0 Å². The van der Waals surface area contributed by atoms with Gasteiger partial charge in [-0.3, -0.25) is 0 Å². The summed E-state index contributed by atoms with van der Waals surface area (Å²) in [5.41, 5.74) is 5.09. The molecule has 17 heavy (non-hydrogen) atoms. The van der Waals surface area contributed by atoms with Crippen LogP contribution in [0.15, 0.2) is 4.21 Å². The number of nitrogens with two attached hydrogens (primary N) is 2. The highest BCUT2D eigenvalue weighted by molar-refractivity contribution is 7.91. The number of sulfonamides is 1. The first-order chi connectivity index (χ1) is 7.80. The Hall–Kier alpha value is -1.39. The Morgan fingerprint density at radius 3 is 2.71 bits per heavy atom. The lowest BCUT2D eigenvalue weighted by atomic mass is 10.6. The summed E-state index contributed by atoms with van der Waals surface area (Å²) in [4.78, 5) is 14.2. The van der Waals surface area contributed by atoms with E-state index in [9.17, 15) is 13.2 Å². The van der Waals surface area contributed by atoms with Gasteiger partial charge >= 0.3 is 6.09 Å². The third-order valence-corrected chi connectivity index (χ3v) is 4.30. The van der Waals surface area contributed by atoms with Crippen molar-refractivity contribution in [2.24, 2.45) is 10.9 Å². The standard InChI is InChI=1S/C7H12N4O4S2/c1-4-5(17(9,13)14)16-7(11-4)10-2-3-15-6(8)12/h2-3H2,1H3,(H2,8,12)(H,10,11)(H2,9,13,14). The molecule has 1 aromatic rings. The highest BCUT2D eigenvalue weighted by atomic mass is 32.2. The third kappa shape index (κ3) is 4.17. The molecule has 1 heterocycles. The molecule has 1 aromatic heterocycles. The number of aryl methyl sites for hydroxylation is 1. The second-order valence-electron chi connectivity index (χ2n) is 3.03. The molecular formula is C7H12N4O4S2. The number of thiazole rings is 1. The number of nitrogens with zero attached hydrogens (tertiary/aromatic N) is 1. The molecule has 0 bridgehead atoms. The van der Waals surface area contributed by atoms with Crippen molar-refractivity contribution in [3.63, 3.8) is 0 Å². The lowest BCUT2D eigenvalue weighted by Gasteiger charge is -2.01. The van der Waals surface area contributed by atoms with Gasteiger partial charge in [0.1, 0.15) is 6.61 Å². The Kier molecular flexibility index (Phi) is 4.26. The molecule has 5 N–H and O–H groups in total. The number of primary sulfonamides is 1. The quantitative estimate of drug-likeness (QED) is 0.628. The molecule has 0 aliphatic rings. The van der Waals surface area contributed by atoms with Crippen molar-refractivity contribution in [3.8, 4) is 0 Å². The number of aromatic nitrogens is 1. The summed E-state index contributed by atoms with van der Waals surface area (Å²) in [6.45, 7) is 1.89. The number of hydrogen-bond acceptors (Lipinski definition) is 7. The summed E-state index contributed by atoms with van der Waals surface area (Å²) in [5.74, 6) is 0. The Balaban J connectivity index is 2.60. The van der Waals surface area contributed by atoms with Gasteiger partial charge < -0.3 is 15.8 Å². The smallest absolute Gasteiger partial charge is 0.404 e. The summed E-state index contributed by atoms with van der Waals surface area (Å²) in [6, 6.07) is 0. The zero-order valence-corrected chi connectivity index (χ0v) is 10.6. The molecule has 0 aliphatic carbocycles. The van der Waals surface area contributed by atoms with Crippen molar-refractivity contribution in [2.75, 3.05) is 18.5 Å². The molecule has 0 atom stereocenters. The van der Waals surface area contributed by atoms with Gasteiger partial charge in [-0.25, -0.2) is 23.3 Å². The molecule has 0 spiro atoms. The molecule has 0 saturated carbocycles. The molecule has 96 valence electrons. The fourth-order valence-corrected chi connectivity index (χ4v) is 2.92. The van der Waals surface area contributed by atoms with E-state index in [1.165, 1.54) is 0 Å². The zero-order chi connectivity index (χ0) is 13.1. The molecule has 0 unspecified atom stereocenters. The Morgan fingerprint density at radius 1 is 1.59 bits per heavy atom. The molecule has 0 aromatic carbocycles. The predicted molar refractivity (Wildman–Crippen MR) is 62.2 cm³/mol. The van der Waals surface area contributed by atoms with E-state index >= 15 is 0 Å². The van der Waals surface area contributed by atoms with E-state index in [4.69, 9.17) is 10.9 Å². The van der Waals surface area contributed by atoms with Crippen LogP contribution in [0.4, 0.5) is 9.93 Å². The summed E-state index contributed by atoms with van der Waals surface area (Å²) in [7, 11) is -3.75. The molecule has 1 amide bonds. The van der Waals surface area contributed by atoms with E-state index in [1.807, 2.05) is 0 Å². The van der Waals surface area contributed by atoms with Gasteiger partial charge in [0, 0.05) is 0 Å². The maximum atomic E-state index is 11.1. The monoisotopic (exact) mass is 280 g/mol. The van der Waals surface area contributed by atoms with Crippen LogP contribution in [0.1, 0.15) is 5.69 Å². The number of amides is 1. The molecule has 10 heteroatoms. The van der Waals surface area contributed by atoms with Crippen LogP contribution in [0.25, 0.3) is 0 Å². The normalized spacial score (nSPS) is 11.2. The van der Waals surface area contributed by atoms with Crippen LogP contribution in [0.3, 0.4) is 0 Å². The number of anilines is 1. The molecule has 0 aliphatic heterocycles. The maximum Gasteiger partial charge on any atom is 0.404 e. The molecule has 0 fully saturated rings. The second kappa shape index (κ2) is 5.29. The SMILES string of the molecule is Cc1nc(NCCOC(N)=O)sc1S(N)(=O)=O. The first-order valence-corrected chi connectivity index (χ1v) is 6.83. The topological polar surface area (TPSA) is 137 Å². The number of nitrogens with one attached hydrogen (secondary N) is 1. The van der Waals surface area contributed by atoms with Gasteiger partial charge in [-0.2, -0.15) is 0 Å². The number of primary amides is 1. The third-order valence-electron chi connectivity index (χ3n) is 1.64.